The maximum atomic E-state index is 12.9. The molecule has 2 atom stereocenters. The molecule has 0 bridgehead atoms. The van der Waals surface area contributed by atoms with Gasteiger partial charge in [-0.15, -0.1) is 0 Å². The number of benzene rings is 1. The fourth-order valence-electron chi connectivity index (χ4n) is 3.88. The number of nitrogens with zero attached hydrogens (tertiary/aromatic N) is 1. The van der Waals surface area contributed by atoms with Crippen molar-refractivity contribution in [2.75, 3.05) is 26.1 Å². The molecule has 2 fully saturated rings. The maximum absolute atomic E-state index is 12.9. The molecule has 4 amide bonds. The molecule has 0 aromatic heterocycles. The van der Waals surface area contributed by atoms with E-state index in [0.717, 1.165) is 24.2 Å². The minimum absolute atomic E-state index is 0.0502. The summed E-state index contributed by atoms with van der Waals surface area (Å²) in [6.07, 6.45) is 3.42. The minimum atomic E-state index is -0.872. The second-order valence-corrected chi connectivity index (χ2v) is 7.05. The van der Waals surface area contributed by atoms with E-state index in [1.165, 1.54) is 14.2 Å². The number of rotatable bonds is 5. The summed E-state index contributed by atoms with van der Waals surface area (Å²) in [6.45, 7) is 1.63. The summed E-state index contributed by atoms with van der Waals surface area (Å²) in [7, 11) is 3.01. The Hall–Kier alpha value is -2.77. The molecule has 2 aliphatic rings. The summed E-state index contributed by atoms with van der Waals surface area (Å²) in [5.41, 5.74) is -0.460. The van der Waals surface area contributed by atoms with Crippen LogP contribution in [-0.2, 0) is 9.59 Å². The number of amides is 4. The Balaban J connectivity index is 1.73. The lowest BCUT2D eigenvalue weighted by Crippen LogP contribution is -2.54. The van der Waals surface area contributed by atoms with Gasteiger partial charge in [-0.3, -0.25) is 14.5 Å². The number of anilines is 1. The first-order valence-corrected chi connectivity index (χ1v) is 9.07. The zero-order valence-electron chi connectivity index (χ0n) is 15.8. The summed E-state index contributed by atoms with van der Waals surface area (Å²) < 4.78 is 10.4. The number of imide groups is 1. The van der Waals surface area contributed by atoms with E-state index in [0.29, 0.717) is 23.6 Å². The van der Waals surface area contributed by atoms with Crippen LogP contribution in [0, 0.1) is 5.92 Å². The van der Waals surface area contributed by atoms with Crippen molar-refractivity contribution in [3.8, 4) is 11.5 Å². The molecule has 1 saturated carbocycles. The highest BCUT2D eigenvalue weighted by atomic mass is 16.5. The molecule has 0 unspecified atom stereocenters. The van der Waals surface area contributed by atoms with Crippen LogP contribution in [0.3, 0.4) is 0 Å². The predicted octanol–water partition coefficient (Wildman–Crippen LogP) is 2.14. The monoisotopic (exact) mass is 375 g/mol. The van der Waals surface area contributed by atoms with Gasteiger partial charge in [0.15, 0.2) is 0 Å². The number of nitrogens with one attached hydrogen (secondary N) is 2. The molecule has 1 saturated heterocycles. The van der Waals surface area contributed by atoms with Crippen molar-refractivity contribution in [2.45, 2.75) is 38.1 Å². The number of urea groups is 1. The molecule has 1 aliphatic carbocycles. The lowest BCUT2D eigenvalue weighted by molar-refractivity contribution is -0.136. The van der Waals surface area contributed by atoms with Gasteiger partial charge in [-0.25, -0.2) is 4.79 Å². The summed E-state index contributed by atoms with van der Waals surface area (Å²) in [5.74, 6) is 0.266. The van der Waals surface area contributed by atoms with Crippen LogP contribution in [0.25, 0.3) is 0 Å². The zero-order chi connectivity index (χ0) is 19.6. The molecule has 1 heterocycles. The van der Waals surface area contributed by atoms with Crippen LogP contribution in [0.2, 0.25) is 0 Å². The SMILES string of the molecule is COc1ccc(OC)c(NC(=O)CN2C(=O)N[C@]3(CCCC[C@H]3C)C2=O)c1. The van der Waals surface area contributed by atoms with Crippen molar-refractivity contribution in [3.05, 3.63) is 18.2 Å². The molecule has 8 heteroatoms. The average Bonchev–Trinajstić information content (AvgIpc) is 2.89. The molecule has 1 spiro atoms. The van der Waals surface area contributed by atoms with Gasteiger partial charge in [-0.1, -0.05) is 19.8 Å². The number of carbonyl (C=O) groups is 3. The average molecular weight is 375 g/mol. The number of hydrogen-bond acceptors (Lipinski definition) is 5. The van der Waals surface area contributed by atoms with Gasteiger partial charge in [-0.2, -0.15) is 0 Å². The molecule has 1 aliphatic heterocycles. The smallest absolute Gasteiger partial charge is 0.325 e. The Morgan fingerprint density at radius 3 is 2.74 bits per heavy atom. The number of methoxy groups -OCH3 is 2. The van der Waals surface area contributed by atoms with Crippen molar-refractivity contribution in [2.24, 2.45) is 5.92 Å². The van der Waals surface area contributed by atoms with E-state index in [-0.39, 0.29) is 18.4 Å². The van der Waals surface area contributed by atoms with E-state index < -0.39 is 17.5 Å². The van der Waals surface area contributed by atoms with Crippen LogP contribution in [0.15, 0.2) is 18.2 Å². The molecule has 2 N–H and O–H groups in total. The van der Waals surface area contributed by atoms with Gasteiger partial charge in [0.1, 0.15) is 23.6 Å². The van der Waals surface area contributed by atoms with Gasteiger partial charge < -0.3 is 20.1 Å². The molecule has 3 rings (SSSR count). The van der Waals surface area contributed by atoms with E-state index in [1.54, 1.807) is 18.2 Å². The van der Waals surface area contributed by atoms with E-state index in [4.69, 9.17) is 9.47 Å². The fourth-order valence-corrected chi connectivity index (χ4v) is 3.88. The second kappa shape index (κ2) is 7.46. The molecular weight excluding hydrogens is 350 g/mol. The van der Waals surface area contributed by atoms with Crippen LogP contribution in [0.4, 0.5) is 10.5 Å². The Kier molecular flexibility index (Phi) is 5.25. The zero-order valence-corrected chi connectivity index (χ0v) is 15.8. The molecule has 8 nitrogen and oxygen atoms in total. The van der Waals surface area contributed by atoms with Crippen LogP contribution < -0.4 is 20.1 Å². The fraction of sp³-hybridized carbons (Fsp3) is 0.526. The summed E-state index contributed by atoms with van der Waals surface area (Å²) in [4.78, 5) is 38.8. The number of carbonyl (C=O) groups excluding carboxylic acids is 3. The first kappa shape index (κ1) is 19.0. The largest absolute Gasteiger partial charge is 0.497 e. The molecule has 0 radical (unpaired) electrons. The molecule has 146 valence electrons. The highest BCUT2D eigenvalue weighted by Crippen LogP contribution is 2.38. The lowest BCUT2D eigenvalue weighted by Gasteiger charge is -2.36. The first-order valence-electron chi connectivity index (χ1n) is 9.07. The topological polar surface area (TPSA) is 97.0 Å². The Labute approximate surface area is 158 Å². The molecule has 1 aromatic carbocycles. The molecular formula is C19H25N3O5. The van der Waals surface area contributed by atoms with Crippen LogP contribution in [-0.4, -0.2) is 49.0 Å². The Morgan fingerprint density at radius 2 is 2.07 bits per heavy atom. The summed E-state index contributed by atoms with van der Waals surface area (Å²) in [6, 6.07) is 4.48. The van der Waals surface area contributed by atoms with Crippen molar-refractivity contribution in [1.82, 2.24) is 10.2 Å². The molecule has 27 heavy (non-hydrogen) atoms. The Morgan fingerprint density at radius 1 is 1.30 bits per heavy atom. The predicted molar refractivity (Wildman–Crippen MR) is 98.8 cm³/mol. The van der Waals surface area contributed by atoms with E-state index in [2.05, 4.69) is 10.6 Å². The highest BCUT2D eigenvalue weighted by molar-refractivity contribution is 6.10. The third kappa shape index (κ3) is 3.43. The maximum Gasteiger partial charge on any atom is 0.325 e. The number of ether oxygens (including phenoxy) is 2. The minimum Gasteiger partial charge on any atom is -0.497 e. The highest BCUT2D eigenvalue weighted by Gasteiger charge is 2.55. The summed E-state index contributed by atoms with van der Waals surface area (Å²) >= 11 is 0. The third-order valence-electron chi connectivity index (χ3n) is 5.48. The summed E-state index contributed by atoms with van der Waals surface area (Å²) in [5, 5.41) is 5.53. The quantitative estimate of drug-likeness (QED) is 0.769. The van der Waals surface area contributed by atoms with Crippen LogP contribution >= 0.6 is 0 Å². The van der Waals surface area contributed by atoms with Crippen molar-refractivity contribution in [1.29, 1.82) is 0 Å². The second-order valence-electron chi connectivity index (χ2n) is 7.05. The van der Waals surface area contributed by atoms with Gasteiger partial charge >= 0.3 is 6.03 Å². The third-order valence-corrected chi connectivity index (χ3v) is 5.48. The first-order chi connectivity index (χ1) is 12.9. The van der Waals surface area contributed by atoms with Crippen molar-refractivity contribution >= 4 is 23.5 Å². The number of hydrogen-bond donors (Lipinski definition) is 2. The normalized spacial score (nSPS) is 24.7. The standard InChI is InChI=1S/C19H25N3O5/c1-12-6-4-5-9-19(12)17(24)22(18(25)21-19)11-16(23)20-14-10-13(26-2)7-8-15(14)27-3/h7-8,10,12H,4-6,9,11H2,1-3H3,(H,20,23)(H,21,25)/t12-,19+/m1/s1. The van der Waals surface area contributed by atoms with Crippen molar-refractivity contribution < 1.29 is 23.9 Å². The van der Waals surface area contributed by atoms with Gasteiger partial charge in [-0.05, 0) is 30.9 Å². The van der Waals surface area contributed by atoms with Gasteiger partial charge in [0.2, 0.25) is 5.91 Å². The van der Waals surface area contributed by atoms with Gasteiger partial charge in [0.05, 0.1) is 19.9 Å². The van der Waals surface area contributed by atoms with Crippen LogP contribution in [0.1, 0.15) is 32.6 Å². The van der Waals surface area contributed by atoms with E-state index in [9.17, 15) is 14.4 Å². The van der Waals surface area contributed by atoms with Gasteiger partial charge in [0, 0.05) is 6.07 Å². The van der Waals surface area contributed by atoms with Gasteiger partial charge in [0.25, 0.3) is 5.91 Å². The van der Waals surface area contributed by atoms with E-state index in [1.807, 2.05) is 6.92 Å². The van der Waals surface area contributed by atoms with Crippen molar-refractivity contribution in [3.63, 3.8) is 0 Å². The molecule has 1 aromatic rings. The van der Waals surface area contributed by atoms with Crippen LogP contribution in [0.5, 0.6) is 11.5 Å². The van der Waals surface area contributed by atoms with E-state index >= 15 is 0 Å². The Bertz CT molecular complexity index is 766. The lowest BCUT2D eigenvalue weighted by atomic mass is 9.73.